The number of anilines is 2. The maximum Gasteiger partial charge on any atom is 0.246 e. The number of ether oxygens (including phenoxy) is 1. The predicted octanol–water partition coefficient (Wildman–Crippen LogP) is 5.19. The van der Waals surface area contributed by atoms with Crippen LogP contribution in [-0.2, 0) is 4.79 Å². The second-order valence-electron chi connectivity index (χ2n) is 6.22. The average Bonchev–Trinajstić information content (AvgIpc) is 2.70. The van der Waals surface area contributed by atoms with Gasteiger partial charge in [-0.3, -0.25) is 4.79 Å². The minimum absolute atomic E-state index is 0.0905. The summed E-state index contributed by atoms with van der Waals surface area (Å²) in [5.41, 5.74) is 3.74. The van der Waals surface area contributed by atoms with E-state index in [1.807, 2.05) is 92.7 Å². The van der Waals surface area contributed by atoms with Crippen LogP contribution in [0.15, 0.2) is 78.9 Å². The first-order valence-electron chi connectivity index (χ1n) is 9.12. The summed E-state index contributed by atoms with van der Waals surface area (Å²) < 4.78 is 5.44. The third-order valence-corrected chi connectivity index (χ3v) is 4.21. The highest BCUT2D eigenvalue weighted by molar-refractivity contribution is 5.99. The predicted molar refractivity (Wildman–Crippen MR) is 111 cm³/mol. The Bertz CT molecular complexity index is 876. The van der Waals surface area contributed by atoms with Gasteiger partial charge in [0.1, 0.15) is 11.8 Å². The highest BCUT2D eigenvalue weighted by atomic mass is 16.5. The number of rotatable bonds is 7. The molecule has 0 aromatic heterocycles. The topological polar surface area (TPSA) is 50.4 Å². The van der Waals surface area contributed by atoms with Crippen LogP contribution in [0.5, 0.6) is 5.75 Å². The molecule has 3 rings (SSSR count). The van der Waals surface area contributed by atoms with Gasteiger partial charge in [0.15, 0.2) is 0 Å². The Morgan fingerprint density at radius 2 is 1.59 bits per heavy atom. The van der Waals surface area contributed by atoms with Crippen molar-refractivity contribution in [2.45, 2.75) is 19.9 Å². The van der Waals surface area contributed by atoms with Gasteiger partial charge in [0.05, 0.1) is 6.61 Å². The van der Waals surface area contributed by atoms with Crippen molar-refractivity contribution in [2.75, 3.05) is 17.2 Å². The van der Waals surface area contributed by atoms with Crippen LogP contribution in [0.2, 0.25) is 0 Å². The summed E-state index contributed by atoms with van der Waals surface area (Å²) in [6.07, 6.45) is 0. The molecule has 27 heavy (non-hydrogen) atoms. The van der Waals surface area contributed by atoms with E-state index in [4.69, 9.17) is 4.74 Å². The molecule has 0 aliphatic rings. The van der Waals surface area contributed by atoms with Crippen molar-refractivity contribution < 1.29 is 9.53 Å². The highest BCUT2D eigenvalue weighted by Gasteiger charge is 2.15. The van der Waals surface area contributed by atoms with Gasteiger partial charge in [0.25, 0.3) is 0 Å². The molecule has 4 nitrogen and oxygen atoms in total. The molecular formula is C23H24N2O2. The normalized spacial score (nSPS) is 11.5. The van der Waals surface area contributed by atoms with E-state index in [-0.39, 0.29) is 11.9 Å². The van der Waals surface area contributed by atoms with Crippen LogP contribution in [0.4, 0.5) is 11.4 Å². The molecule has 0 bridgehead atoms. The molecule has 138 valence electrons. The summed E-state index contributed by atoms with van der Waals surface area (Å²) in [5, 5.41) is 6.26. The van der Waals surface area contributed by atoms with E-state index in [1.165, 1.54) is 0 Å². The maximum atomic E-state index is 12.7. The van der Waals surface area contributed by atoms with E-state index >= 15 is 0 Å². The van der Waals surface area contributed by atoms with Crippen LogP contribution in [0, 0.1) is 0 Å². The molecule has 0 radical (unpaired) electrons. The fourth-order valence-corrected chi connectivity index (χ4v) is 2.83. The smallest absolute Gasteiger partial charge is 0.246 e. The fourth-order valence-electron chi connectivity index (χ4n) is 2.83. The minimum atomic E-state index is -0.383. The summed E-state index contributed by atoms with van der Waals surface area (Å²) in [7, 11) is 0. The van der Waals surface area contributed by atoms with Gasteiger partial charge in [0.2, 0.25) is 5.91 Å². The van der Waals surface area contributed by atoms with Crippen molar-refractivity contribution in [1.29, 1.82) is 0 Å². The molecule has 0 saturated heterocycles. The molecule has 0 saturated carbocycles. The summed E-state index contributed by atoms with van der Waals surface area (Å²) in [5.74, 6) is 0.726. The third kappa shape index (κ3) is 4.88. The molecule has 1 unspecified atom stereocenters. The molecule has 0 aliphatic carbocycles. The molecule has 1 amide bonds. The molecule has 3 aromatic rings. The average molecular weight is 360 g/mol. The lowest BCUT2D eigenvalue weighted by molar-refractivity contribution is -0.116. The van der Waals surface area contributed by atoms with Crippen molar-refractivity contribution in [2.24, 2.45) is 0 Å². The van der Waals surface area contributed by atoms with Crippen molar-refractivity contribution in [3.63, 3.8) is 0 Å². The highest BCUT2D eigenvalue weighted by Crippen LogP contribution is 2.27. The Labute approximate surface area is 160 Å². The van der Waals surface area contributed by atoms with E-state index in [0.29, 0.717) is 6.61 Å². The first-order chi connectivity index (χ1) is 13.2. The maximum absolute atomic E-state index is 12.7. The Balaban J connectivity index is 1.68. The van der Waals surface area contributed by atoms with E-state index < -0.39 is 0 Å². The van der Waals surface area contributed by atoms with E-state index in [1.54, 1.807) is 0 Å². The van der Waals surface area contributed by atoms with Gasteiger partial charge < -0.3 is 15.4 Å². The molecule has 1 atom stereocenters. The van der Waals surface area contributed by atoms with Gasteiger partial charge in [-0.2, -0.15) is 0 Å². The van der Waals surface area contributed by atoms with Crippen molar-refractivity contribution in [3.05, 3.63) is 78.9 Å². The first-order valence-corrected chi connectivity index (χ1v) is 9.12. The standard InChI is InChI=1S/C23H24N2O2/c1-3-27-20-15-13-19(14-16-20)24-17(2)23(26)25-22-12-8-7-11-21(22)18-9-5-4-6-10-18/h4-17,24H,3H2,1-2H3,(H,25,26). The number of hydrogen-bond acceptors (Lipinski definition) is 3. The van der Waals surface area contributed by atoms with Gasteiger partial charge in [0, 0.05) is 16.9 Å². The molecule has 4 heteroatoms. The molecular weight excluding hydrogens is 336 g/mol. The lowest BCUT2D eigenvalue weighted by atomic mass is 10.0. The summed E-state index contributed by atoms with van der Waals surface area (Å²) in [4.78, 5) is 12.7. The summed E-state index contributed by atoms with van der Waals surface area (Å²) >= 11 is 0. The van der Waals surface area contributed by atoms with Crippen LogP contribution in [0.3, 0.4) is 0 Å². The van der Waals surface area contributed by atoms with Gasteiger partial charge in [-0.15, -0.1) is 0 Å². The first kappa shape index (κ1) is 18.5. The second kappa shape index (κ2) is 8.90. The lowest BCUT2D eigenvalue weighted by Crippen LogP contribution is -2.32. The van der Waals surface area contributed by atoms with Gasteiger partial charge in [-0.1, -0.05) is 48.5 Å². The number of nitrogens with one attached hydrogen (secondary N) is 2. The van der Waals surface area contributed by atoms with Crippen molar-refractivity contribution in [1.82, 2.24) is 0 Å². The number of carbonyl (C=O) groups excluding carboxylic acids is 1. The molecule has 3 aromatic carbocycles. The lowest BCUT2D eigenvalue weighted by Gasteiger charge is -2.17. The van der Waals surface area contributed by atoms with Crippen LogP contribution < -0.4 is 15.4 Å². The summed E-state index contributed by atoms with van der Waals surface area (Å²) in [6.45, 7) is 4.43. The molecule has 0 aliphatic heterocycles. The minimum Gasteiger partial charge on any atom is -0.494 e. The SMILES string of the molecule is CCOc1ccc(NC(C)C(=O)Nc2ccccc2-c2ccccc2)cc1. The number of amides is 1. The van der Waals surface area contributed by atoms with E-state index in [9.17, 15) is 4.79 Å². The Morgan fingerprint density at radius 1 is 0.926 bits per heavy atom. The van der Waals surface area contributed by atoms with Crippen LogP contribution in [0.25, 0.3) is 11.1 Å². The molecule has 0 spiro atoms. The number of benzene rings is 3. The van der Waals surface area contributed by atoms with Gasteiger partial charge in [-0.05, 0) is 49.7 Å². The van der Waals surface area contributed by atoms with Crippen molar-refractivity contribution >= 4 is 17.3 Å². The number of carbonyl (C=O) groups is 1. The van der Waals surface area contributed by atoms with Gasteiger partial charge >= 0.3 is 0 Å². The number of hydrogen-bond donors (Lipinski definition) is 2. The Hall–Kier alpha value is -3.27. The van der Waals surface area contributed by atoms with E-state index in [0.717, 1.165) is 28.3 Å². The van der Waals surface area contributed by atoms with Crippen LogP contribution in [-0.4, -0.2) is 18.6 Å². The molecule has 0 fully saturated rings. The molecule has 2 N–H and O–H groups in total. The molecule has 0 heterocycles. The van der Waals surface area contributed by atoms with Crippen LogP contribution >= 0.6 is 0 Å². The Kier molecular flexibility index (Phi) is 6.10. The quantitative estimate of drug-likeness (QED) is 0.609. The largest absolute Gasteiger partial charge is 0.494 e. The summed E-state index contributed by atoms with van der Waals surface area (Å²) in [6, 6.07) is 25.1. The number of para-hydroxylation sites is 1. The monoisotopic (exact) mass is 360 g/mol. The second-order valence-corrected chi connectivity index (χ2v) is 6.22. The Morgan fingerprint density at radius 3 is 2.30 bits per heavy atom. The zero-order valence-electron chi connectivity index (χ0n) is 15.6. The van der Waals surface area contributed by atoms with E-state index in [2.05, 4.69) is 10.6 Å². The third-order valence-electron chi connectivity index (χ3n) is 4.21. The van der Waals surface area contributed by atoms with Crippen LogP contribution in [0.1, 0.15) is 13.8 Å². The van der Waals surface area contributed by atoms with Gasteiger partial charge in [-0.25, -0.2) is 0 Å². The van der Waals surface area contributed by atoms with Crippen molar-refractivity contribution in [3.8, 4) is 16.9 Å². The fraction of sp³-hybridized carbons (Fsp3) is 0.174. The zero-order valence-corrected chi connectivity index (χ0v) is 15.6. The zero-order chi connectivity index (χ0) is 19.1.